The molecule has 0 saturated carbocycles. The first-order chi connectivity index (χ1) is 12.8. The molecule has 0 aliphatic rings. The average Bonchev–Trinajstić information content (AvgIpc) is 2.66. The number of nitrogens with one attached hydrogen (secondary N) is 1. The summed E-state index contributed by atoms with van der Waals surface area (Å²) < 4.78 is 28.5. The van der Waals surface area contributed by atoms with Crippen LogP contribution in [0.1, 0.15) is 11.1 Å². The molecule has 9 heteroatoms. The van der Waals surface area contributed by atoms with E-state index in [1.54, 1.807) is 0 Å². The lowest BCUT2D eigenvalue weighted by molar-refractivity contribution is 0.581. The first-order valence-corrected chi connectivity index (χ1v) is 10.1. The summed E-state index contributed by atoms with van der Waals surface area (Å²) in [4.78, 5) is 12.2. The summed E-state index contributed by atoms with van der Waals surface area (Å²) in [6.07, 6.45) is 1.25. The van der Waals surface area contributed by atoms with Crippen LogP contribution in [0.15, 0.2) is 64.4 Å². The third-order valence-corrected chi connectivity index (χ3v) is 6.02. The van der Waals surface area contributed by atoms with Gasteiger partial charge in [-0.25, -0.2) is 13.1 Å². The van der Waals surface area contributed by atoms with Crippen molar-refractivity contribution in [2.45, 2.75) is 18.4 Å². The van der Waals surface area contributed by atoms with E-state index < -0.39 is 15.6 Å². The molecule has 140 valence electrons. The van der Waals surface area contributed by atoms with Gasteiger partial charge in [0, 0.05) is 6.54 Å². The Morgan fingerprint density at radius 3 is 2.30 bits per heavy atom. The molecule has 0 bridgehead atoms. The summed E-state index contributed by atoms with van der Waals surface area (Å²) in [5.41, 5.74) is 1.74. The van der Waals surface area contributed by atoms with Gasteiger partial charge in [-0.1, -0.05) is 53.0 Å². The van der Waals surface area contributed by atoms with Crippen molar-refractivity contribution in [3.05, 3.63) is 86.3 Å². The maximum Gasteiger partial charge on any atom is 0.291 e. The van der Waals surface area contributed by atoms with E-state index in [2.05, 4.69) is 9.82 Å². The molecule has 1 N–H and O–H groups in total. The summed E-state index contributed by atoms with van der Waals surface area (Å²) in [5.74, 6) is 0. The topological polar surface area (TPSA) is 81.1 Å². The summed E-state index contributed by atoms with van der Waals surface area (Å²) in [7, 11) is -3.70. The van der Waals surface area contributed by atoms with E-state index >= 15 is 0 Å². The van der Waals surface area contributed by atoms with Gasteiger partial charge in [0.2, 0.25) is 10.0 Å². The van der Waals surface area contributed by atoms with Gasteiger partial charge in [0.25, 0.3) is 5.56 Å². The molecule has 0 spiro atoms. The fraction of sp³-hybridized carbons (Fsp3) is 0.111. The predicted octanol–water partition coefficient (Wildman–Crippen LogP) is 3.33. The van der Waals surface area contributed by atoms with Gasteiger partial charge in [0.1, 0.15) is 5.02 Å². The molecule has 1 heterocycles. The summed E-state index contributed by atoms with van der Waals surface area (Å²) in [5, 5.41) is 3.81. The number of hydrogen-bond donors (Lipinski definition) is 1. The fourth-order valence-electron chi connectivity index (χ4n) is 2.33. The summed E-state index contributed by atoms with van der Waals surface area (Å²) in [6.45, 7) is 2.14. The molecule has 6 nitrogen and oxygen atoms in total. The van der Waals surface area contributed by atoms with E-state index in [1.165, 1.54) is 30.5 Å². The molecule has 0 fully saturated rings. The summed E-state index contributed by atoms with van der Waals surface area (Å²) in [6, 6.07) is 13.3. The minimum Gasteiger partial charge on any atom is -0.266 e. The molecule has 0 radical (unpaired) electrons. The molecule has 3 rings (SSSR count). The standard InChI is InChI=1S/C18H15Cl2N3O3S/c1-12-2-4-13(5-3-12)10-22-27(25,26)15-8-6-14(7-9-15)23-18(24)17(20)16(19)11-21-23/h2-9,11,22H,10H2,1H3. The predicted molar refractivity (Wildman–Crippen MR) is 105 cm³/mol. The van der Waals surface area contributed by atoms with Crippen molar-refractivity contribution in [3.8, 4) is 5.69 Å². The highest BCUT2D eigenvalue weighted by molar-refractivity contribution is 7.89. The number of aryl methyl sites for hydroxylation is 1. The van der Waals surface area contributed by atoms with Gasteiger partial charge in [-0.15, -0.1) is 0 Å². The van der Waals surface area contributed by atoms with Gasteiger partial charge in [0.15, 0.2) is 0 Å². The second-order valence-corrected chi connectivity index (χ2v) is 8.38. The molecular formula is C18H15Cl2N3O3S. The van der Waals surface area contributed by atoms with Crippen LogP contribution in [0.5, 0.6) is 0 Å². The minimum atomic E-state index is -3.70. The Kier molecular flexibility index (Phi) is 5.67. The van der Waals surface area contributed by atoms with Gasteiger partial charge in [-0.2, -0.15) is 9.78 Å². The van der Waals surface area contributed by atoms with Crippen LogP contribution in [-0.2, 0) is 16.6 Å². The quantitative estimate of drug-likeness (QED) is 0.682. The van der Waals surface area contributed by atoms with E-state index in [9.17, 15) is 13.2 Å². The number of sulfonamides is 1. The molecule has 0 aliphatic heterocycles. The molecule has 0 atom stereocenters. The zero-order chi connectivity index (χ0) is 19.6. The normalized spacial score (nSPS) is 11.5. The van der Waals surface area contributed by atoms with Gasteiger partial charge in [0.05, 0.1) is 21.8 Å². The van der Waals surface area contributed by atoms with Crippen molar-refractivity contribution in [3.63, 3.8) is 0 Å². The highest BCUT2D eigenvalue weighted by Crippen LogP contribution is 2.17. The molecule has 1 aromatic heterocycles. The molecule has 0 aliphatic carbocycles. The van der Waals surface area contributed by atoms with E-state index in [0.717, 1.165) is 15.8 Å². The SMILES string of the molecule is Cc1ccc(CNS(=O)(=O)c2ccc(-n3ncc(Cl)c(Cl)c3=O)cc2)cc1. The highest BCUT2D eigenvalue weighted by atomic mass is 35.5. The van der Waals surface area contributed by atoms with Crippen molar-refractivity contribution in [1.82, 2.24) is 14.5 Å². The number of rotatable bonds is 5. The second kappa shape index (κ2) is 7.82. The van der Waals surface area contributed by atoms with Crippen LogP contribution < -0.4 is 10.3 Å². The zero-order valence-electron chi connectivity index (χ0n) is 14.2. The highest BCUT2D eigenvalue weighted by Gasteiger charge is 2.15. The Balaban J connectivity index is 1.81. The van der Waals surface area contributed by atoms with E-state index in [1.807, 2.05) is 31.2 Å². The van der Waals surface area contributed by atoms with Gasteiger partial charge < -0.3 is 0 Å². The van der Waals surface area contributed by atoms with Crippen LogP contribution in [0.4, 0.5) is 0 Å². The van der Waals surface area contributed by atoms with Crippen LogP contribution in [0.25, 0.3) is 5.69 Å². The summed E-state index contributed by atoms with van der Waals surface area (Å²) >= 11 is 11.6. The Labute approximate surface area is 166 Å². The Morgan fingerprint density at radius 2 is 1.67 bits per heavy atom. The number of benzene rings is 2. The fourth-order valence-corrected chi connectivity index (χ4v) is 3.60. The van der Waals surface area contributed by atoms with Crippen molar-refractivity contribution in [2.24, 2.45) is 0 Å². The third kappa shape index (κ3) is 4.39. The Bertz CT molecular complexity index is 1130. The lowest BCUT2D eigenvalue weighted by Crippen LogP contribution is -2.24. The van der Waals surface area contributed by atoms with Crippen molar-refractivity contribution in [2.75, 3.05) is 0 Å². The van der Waals surface area contributed by atoms with Gasteiger partial charge in [-0.3, -0.25) is 4.79 Å². The number of hydrogen-bond acceptors (Lipinski definition) is 4. The lowest BCUT2D eigenvalue weighted by atomic mass is 10.2. The van der Waals surface area contributed by atoms with Crippen LogP contribution in [0, 0.1) is 6.92 Å². The van der Waals surface area contributed by atoms with E-state index in [-0.39, 0.29) is 21.5 Å². The van der Waals surface area contributed by atoms with E-state index in [0.29, 0.717) is 5.69 Å². The largest absolute Gasteiger partial charge is 0.291 e. The van der Waals surface area contributed by atoms with Crippen LogP contribution in [-0.4, -0.2) is 18.2 Å². The second-order valence-electron chi connectivity index (χ2n) is 5.83. The molecule has 0 unspecified atom stereocenters. The lowest BCUT2D eigenvalue weighted by Gasteiger charge is -2.09. The van der Waals surface area contributed by atoms with Gasteiger partial charge in [-0.05, 0) is 36.8 Å². The average molecular weight is 424 g/mol. The van der Waals surface area contributed by atoms with Crippen molar-refractivity contribution >= 4 is 33.2 Å². The number of halogens is 2. The Morgan fingerprint density at radius 1 is 1.04 bits per heavy atom. The van der Waals surface area contributed by atoms with Crippen molar-refractivity contribution < 1.29 is 8.42 Å². The van der Waals surface area contributed by atoms with Gasteiger partial charge >= 0.3 is 0 Å². The molecule has 27 heavy (non-hydrogen) atoms. The zero-order valence-corrected chi connectivity index (χ0v) is 16.5. The maximum atomic E-state index is 12.5. The Hall–Kier alpha value is -2.19. The maximum absolute atomic E-state index is 12.5. The van der Waals surface area contributed by atoms with E-state index in [4.69, 9.17) is 23.2 Å². The van der Waals surface area contributed by atoms with Crippen LogP contribution >= 0.6 is 23.2 Å². The monoisotopic (exact) mass is 423 g/mol. The molecule has 0 saturated heterocycles. The number of nitrogens with zero attached hydrogens (tertiary/aromatic N) is 2. The van der Waals surface area contributed by atoms with Crippen LogP contribution in [0.3, 0.4) is 0 Å². The first kappa shape index (κ1) is 19.6. The molecule has 3 aromatic rings. The third-order valence-electron chi connectivity index (χ3n) is 3.85. The smallest absolute Gasteiger partial charge is 0.266 e. The van der Waals surface area contributed by atoms with Crippen LogP contribution in [0.2, 0.25) is 10.0 Å². The molecular weight excluding hydrogens is 409 g/mol. The first-order valence-electron chi connectivity index (χ1n) is 7.87. The molecule has 0 amide bonds. The number of aromatic nitrogens is 2. The van der Waals surface area contributed by atoms with Crippen molar-refractivity contribution in [1.29, 1.82) is 0 Å². The molecule has 2 aromatic carbocycles. The minimum absolute atomic E-state index is 0.0532.